The molecule has 2 aromatic rings. The fourth-order valence-corrected chi connectivity index (χ4v) is 3.87. The molecule has 3 rings (SSSR count). The molecule has 11 heteroatoms. The van der Waals surface area contributed by atoms with E-state index in [4.69, 9.17) is 16.7 Å². The molecule has 9 nitrogen and oxygen atoms in total. The molecule has 1 aliphatic heterocycles. The summed E-state index contributed by atoms with van der Waals surface area (Å²) in [5.41, 5.74) is 1.09. The third-order valence-electron chi connectivity index (χ3n) is 4.71. The molecule has 0 unspecified atom stereocenters. The van der Waals surface area contributed by atoms with Crippen LogP contribution in [0.25, 0.3) is 0 Å². The van der Waals surface area contributed by atoms with E-state index in [1.165, 1.54) is 18.2 Å². The van der Waals surface area contributed by atoms with Gasteiger partial charge in [0.2, 0.25) is 15.9 Å². The van der Waals surface area contributed by atoms with Crippen LogP contribution in [0.15, 0.2) is 47.4 Å². The van der Waals surface area contributed by atoms with Crippen molar-refractivity contribution in [3.05, 3.63) is 63.2 Å². The first-order valence-electron chi connectivity index (χ1n) is 8.73. The van der Waals surface area contributed by atoms with Gasteiger partial charge >= 0.3 is 0 Å². The number of sulfonamides is 1. The summed E-state index contributed by atoms with van der Waals surface area (Å²) < 4.78 is 22.6. The van der Waals surface area contributed by atoms with E-state index in [-0.39, 0.29) is 22.9 Å². The molecule has 1 heterocycles. The van der Waals surface area contributed by atoms with Crippen molar-refractivity contribution in [3.8, 4) is 0 Å². The van der Waals surface area contributed by atoms with Crippen LogP contribution < -0.4 is 10.0 Å². The van der Waals surface area contributed by atoms with Crippen LogP contribution in [-0.2, 0) is 21.2 Å². The molecular formula is C18H19ClN4O5S. The first-order chi connectivity index (χ1) is 13.6. The zero-order valence-corrected chi connectivity index (χ0v) is 16.9. The summed E-state index contributed by atoms with van der Waals surface area (Å²) in [5.74, 6) is -0.0985. The summed E-state index contributed by atoms with van der Waals surface area (Å²) in [6.07, 6.45) is 0.131. The molecule has 0 bridgehead atoms. The standard InChI is InChI=1S/C18H19ClN4O5S/c19-14-3-6-16(17(12-14)23(25)26)21-7-9-22(10-8-21)18(24)11-13-1-4-15(5-2-13)29(20,27)28/h1-6,12H,7-11H2,(H2,20,27,28). The second-order valence-electron chi connectivity index (χ2n) is 6.62. The number of nitrogens with two attached hydrogens (primary N) is 1. The molecule has 0 atom stereocenters. The fraction of sp³-hybridized carbons (Fsp3) is 0.278. The molecule has 1 aliphatic rings. The number of nitro benzene ring substituents is 1. The second-order valence-corrected chi connectivity index (χ2v) is 8.62. The average molecular weight is 439 g/mol. The van der Waals surface area contributed by atoms with Crippen molar-refractivity contribution in [2.24, 2.45) is 5.14 Å². The van der Waals surface area contributed by atoms with Gasteiger partial charge in [0.25, 0.3) is 5.69 Å². The maximum Gasteiger partial charge on any atom is 0.294 e. The maximum absolute atomic E-state index is 12.6. The molecule has 1 amide bonds. The zero-order valence-electron chi connectivity index (χ0n) is 15.3. The number of hydrogen-bond acceptors (Lipinski definition) is 6. The quantitative estimate of drug-likeness (QED) is 0.560. The van der Waals surface area contributed by atoms with Crippen molar-refractivity contribution in [2.45, 2.75) is 11.3 Å². The van der Waals surface area contributed by atoms with Crippen LogP contribution in [0.1, 0.15) is 5.56 Å². The van der Waals surface area contributed by atoms with Gasteiger partial charge < -0.3 is 9.80 Å². The number of nitro groups is 1. The van der Waals surface area contributed by atoms with Crippen LogP contribution in [0.2, 0.25) is 5.02 Å². The number of amides is 1. The largest absolute Gasteiger partial charge is 0.362 e. The predicted molar refractivity (Wildman–Crippen MR) is 108 cm³/mol. The third kappa shape index (κ3) is 5.03. The number of carbonyl (C=O) groups excluding carboxylic acids is 1. The maximum atomic E-state index is 12.6. The Labute approximate surface area is 172 Å². The molecule has 0 aliphatic carbocycles. The van der Waals surface area contributed by atoms with Crippen LogP contribution >= 0.6 is 11.6 Å². The number of rotatable bonds is 5. The molecule has 1 saturated heterocycles. The van der Waals surface area contributed by atoms with Gasteiger partial charge in [-0.1, -0.05) is 23.7 Å². The van der Waals surface area contributed by atoms with Crippen molar-refractivity contribution < 1.29 is 18.1 Å². The highest BCUT2D eigenvalue weighted by atomic mass is 35.5. The molecule has 2 aromatic carbocycles. The Morgan fingerprint density at radius 2 is 1.72 bits per heavy atom. The number of nitrogens with zero attached hydrogens (tertiary/aromatic N) is 3. The highest BCUT2D eigenvalue weighted by Gasteiger charge is 2.26. The minimum Gasteiger partial charge on any atom is -0.362 e. The molecule has 0 aromatic heterocycles. The number of anilines is 1. The first kappa shape index (κ1) is 21.0. The highest BCUT2D eigenvalue weighted by Crippen LogP contribution is 2.31. The minimum absolute atomic E-state index is 0.00753. The summed E-state index contributed by atoms with van der Waals surface area (Å²) in [6, 6.07) is 10.4. The summed E-state index contributed by atoms with van der Waals surface area (Å²) in [4.78, 5) is 26.9. The van der Waals surface area contributed by atoms with Crippen LogP contribution in [0.3, 0.4) is 0 Å². The van der Waals surface area contributed by atoms with E-state index in [9.17, 15) is 23.3 Å². The van der Waals surface area contributed by atoms with Gasteiger partial charge in [-0.05, 0) is 29.8 Å². The van der Waals surface area contributed by atoms with Gasteiger partial charge in [-0.15, -0.1) is 0 Å². The van der Waals surface area contributed by atoms with Crippen molar-refractivity contribution in [1.82, 2.24) is 4.90 Å². The summed E-state index contributed by atoms with van der Waals surface area (Å²) in [7, 11) is -3.77. The summed E-state index contributed by atoms with van der Waals surface area (Å²) in [5, 5.41) is 16.6. The van der Waals surface area contributed by atoms with E-state index in [1.54, 1.807) is 29.2 Å². The van der Waals surface area contributed by atoms with Gasteiger partial charge in [-0.2, -0.15) is 0 Å². The van der Waals surface area contributed by atoms with Crippen molar-refractivity contribution >= 4 is 38.9 Å². The number of benzene rings is 2. The number of hydrogen-bond donors (Lipinski definition) is 1. The Morgan fingerprint density at radius 1 is 1.10 bits per heavy atom. The highest BCUT2D eigenvalue weighted by molar-refractivity contribution is 7.89. The van der Waals surface area contributed by atoms with E-state index in [0.717, 1.165) is 0 Å². The number of piperazine rings is 1. The van der Waals surface area contributed by atoms with Crippen molar-refractivity contribution in [1.29, 1.82) is 0 Å². The topological polar surface area (TPSA) is 127 Å². The van der Waals surface area contributed by atoms with Crippen LogP contribution in [0, 0.1) is 10.1 Å². The van der Waals surface area contributed by atoms with E-state index in [1.807, 2.05) is 4.90 Å². The van der Waals surface area contributed by atoms with E-state index in [0.29, 0.717) is 42.5 Å². The van der Waals surface area contributed by atoms with Crippen LogP contribution in [-0.4, -0.2) is 50.3 Å². The molecule has 0 radical (unpaired) electrons. The number of halogens is 1. The minimum atomic E-state index is -3.77. The fourth-order valence-electron chi connectivity index (χ4n) is 3.19. The van der Waals surface area contributed by atoms with E-state index < -0.39 is 14.9 Å². The molecule has 0 saturated carbocycles. The van der Waals surface area contributed by atoms with Gasteiger partial charge in [0, 0.05) is 37.3 Å². The lowest BCUT2D eigenvalue weighted by molar-refractivity contribution is -0.384. The zero-order chi connectivity index (χ0) is 21.2. The lowest BCUT2D eigenvalue weighted by Gasteiger charge is -2.36. The normalized spacial score (nSPS) is 14.7. The van der Waals surface area contributed by atoms with Gasteiger partial charge in [0.1, 0.15) is 5.69 Å². The third-order valence-corrected chi connectivity index (χ3v) is 5.88. The molecule has 29 heavy (non-hydrogen) atoms. The first-order valence-corrected chi connectivity index (χ1v) is 10.7. The Bertz CT molecular complexity index is 1030. The molecule has 2 N–H and O–H groups in total. The lowest BCUT2D eigenvalue weighted by atomic mass is 10.1. The van der Waals surface area contributed by atoms with Crippen LogP contribution in [0.5, 0.6) is 0 Å². The Balaban J connectivity index is 1.62. The van der Waals surface area contributed by atoms with Crippen LogP contribution in [0.4, 0.5) is 11.4 Å². The Morgan fingerprint density at radius 3 is 2.28 bits per heavy atom. The SMILES string of the molecule is NS(=O)(=O)c1ccc(CC(=O)N2CCN(c3ccc(Cl)cc3[N+](=O)[O-])CC2)cc1. The Hall–Kier alpha value is -2.69. The molecule has 0 spiro atoms. The average Bonchev–Trinajstić information content (AvgIpc) is 2.67. The number of carbonyl (C=O) groups is 1. The van der Waals surface area contributed by atoms with Gasteiger partial charge in [0.15, 0.2) is 0 Å². The number of primary sulfonamides is 1. The van der Waals surface area contributed by atoms with Gasteiger partial charge in [-0.3, -0.25) is 14.9 Å². The summed E-state index contributed by atoms with van der Waals surface area (Å²) in [6.45, 7) is 1.76. The molecule has 1 fully saturated rings. The van der Waals surface area contributed by atoms with E-state index in [2.05, 4.69) is 0 Å². The van der Waals surface area contributed by atoms with Crippen molar-refractivity contribution in [2.75, 3.05) is 31.1 Å². The Kier molecular flexibility index (Phi) is 6.06. The second kappa shape index (κ2) is 8.36. The smallest absolute Gasteiger partial charge is 0.294 e. The summed E-state index contributed by atoms with van der Waals surface area (Å²) >= 11 is 5.86. The van der Waals surface area contributed by atoms with Crippen molar-refractivity contribution in [3.63, 3.8) is 0 Å². The monoisotopic (exact) mass is 438 g/mol. The van der Waals surface area contributed by atoms with Gasteiger partial charge in [0.05, 0.1) is 16.2 Å². The lowest BCUT2D eigenvalue weighted by Crippen LogP contribution is -2.49. The van der Waals surface area contributed by atoms with Gasteiger partial charge in [-0.25, -0.2) is 13.6 Å². The van der Waals surface area contributed by atoms with E-state index >= 15 is 0 Å². The molecule has 154 valence electrons. The molecular weight excluding hydrogens is 420 g/mol. The predicted octanol–water partition coefficient (Wildman–Crippen LogP) is 1.79.